The van der Waals surface area contributed by atoms with Crippen molar-refractivity contribution in [2.45, 2.75) is 13.5 Å². The number of aliphatic hydroxyl groups is 1. The van der Waals surface area contributed by atoms with Crippen molar-refractivity contribution in [3.05, 3.63) is 33.9 Å². The average Bonchev–Trinajstić information content (AvgIpc) is 2.17. The molecule has 0 bridgehead atoms. The van der Waals surface area contributed by atoms with Gasteiger partial charge in [0.05, 0.1) is 24.2 Å². The van der Waals surface area contributed by atoms with E-state index >= 15 is 0 Å². The number of ether oxygens (including phenoxy) is 1. The van der Waals surface area contributed by atoms with Crippen molar-refractivity contribution in [1.82, 2.24) is 0 Å². The highest BCUT2D eigenvalue weighted by molar-refractivity contribution is 5.42. The van der Waals surface area contributed by atoms with Crippen LogP contribution in [0.5, 0.6) is 5.75 Å². The molecule has 1 aromatic rings. The van der Waals surface area contributed by atoms with Crippen LogP contribution in [0.1, 0.15) is 12.5 Å². The van der Waals surface area contributed by atoms with Crippen LogP contribution in [0, 0.1) is 10.1 Å². The van der Waals surface area contributed by atoms with Gasteiger partial charge in [-0.25, -0.2) is 0 Å². The summed E-state index contributed by atoms with van der Waals surface area (Å²) in [4.78, 5) is 9.98. The smallest absolute Gasteiger partial charge is 0.273 e. The average molecular weight is 197 g/mol. The molecule has 1 rings (SSSR count). The largest absolute Gasteiger partial charge is 0.494 e. The number of hydrogen-bond donors (Lipinski definition) is 1. The fourth-order valence-electron chi connectivity index (χ4n) is 1.09. The molecule has 1 aromatic carbocycles. The number of aliphatic hydroxyl groups excluding tert-OH is 1. The third-order valence-electron chi connectivity index (χ3n) is 1.66. The molecule has 14 heavy (non-hydrogen) atoms. The molecule has 1 N–H and O–H groups in total. The van der Waals surface area contributed by atoms with E-state index in [1.807, 2.05) is 0 Å². The van der Waals surface area contributed by atoms with Gasteiger partial charge in [0, 0.05) is 6.07 Å². The Morgan fingerprint density at radius 3 is 2.71 bits per heavy atom. The van der Waals surface area contributed by atoms with Crippen LogP contribution < -0.4 is 4.74 Å². The third kappa shape index (κ3) is 2.43. The van der Waals surface area contributed by atoms with E-state index in [2.05, 4.69) is 0 Å². The number of rotatable bonds is 4. The molecular weight excluding hydrogens is 186 g/mol. The molecule has 5 heteroatoms. The van der Waals surface area contributed by atoms with E-state index < -0.39 is 4.92 Å². The lowest BCUT2D eigenvalue weighted by Gasteiger charge is -2.04. The van der Waals surface area contributed by atoms with Gasteiger partial charge in [-0.1, -0.05) is 0 Å². The van der Waals surface area contributed by atoms with E-state index in [0.29, 0.717) is 17.9 Å². The highest BCUT2D eigenvalue weighted by Gasteiger charge is 2.09. The van der Waals surface area contributed by atoms with E-state index in [-0.39, 0.29) is 12.3 Å². The van der Waals surface area contributed by atoms with E-state index in [9.17, 15) is 10.1 Å². The van der Waals surface area contributed by atoms with Crippen LogP contribution >= 0.6 is 0 Å². The maximum absolute atomic E-state index is 10.5. The number of non-ortho nitro benzene ring substituents is 1. The Bertz CT molecular complexity index is 338. The Kier molecular flexibility index (Phi) is 3.41. The molecule has 0 aromatic heterocycles. The van der Waals surface area contributed by atoms with Crippen molar-refractivity contribution in [1.29, 1.82) is 0 Å². The molecular formula is C9H11NO4. The minimum Gasteiger partial charge on any atom is -0.494 e. The summed E-state index contributed by atoms with van der Waals surface area (Å²) in [6.45, 7) is 1.99. The monoisotopic (exact) mass is 197 g/mol. The summed E-state index contributed by atoms with van der Waals surface area (Å²) in [6.07, 6.45) is 0. The predicted octanol–water partition coefficient (Wildman–Crippen LogP) is 1.49. The molecule has 0 heterocycles. The van der Waals surface area contributed by atoms with Crippen molar-refractivity contribution in [3.63, 3.8) is 0 Å². The number of benzene rings is 1. The van der Waals surface area contributed by atoms with Crippen molar-refractivity contribution in [3.8, 4) is 5.75 Å². The van der Waals surface area contributed by atoms with Crippen molar-refractivity contribution in [2.75, 3.05) is 6.61 Å². The van der Waals surface area contributed by atoms with Crippen LogP contribution in [0.25, 0.3) is 0 Å². The SMILES string of the molecule is CCOc1cc(CO)cc([N+](=O)[O-])c1. The maximum Gasteiger partial charge on any atom is 0.273 e. The molecule has 76 valence electrons. The lowest BCUT2D eigenvalue weighted by molar-refractivity contribution is -0.385. The van der Waals surface area contributed by atoms with Gasteiger partial charge in [-0.15, -0.1) is 0 Å². The Labute approximate surface area is 81.1 Å². The molecule has 0 unspecified atom stereocenters. The number of hydrogen-bond acceptors (Lipinski definition) is 4. The second-order valence-corrected chi connectivity index (χ2v) is 2.68. The Hall–Kier alpha value is -1.62. The van der Waals surface area contributed by atoms with E-state index in [1.165, 1.54) is 12.1 Å². The van der Waals surface area contributed by atoms with E-state index in [1.54, 1.807) is 13.0 Å². The zero-order valence-corrected chi connectivity index (χ0v) is 7.77. The molecule has 5 nitrogen and oxygen atoms in total. The summed E-state index contributed by atoms with van der Waals surface area (Å²) < 4.78 is 5.12. The molecule has 0 radical (unpaired) electrons. The first-order valence-corrected chi connectivity index (χ1v) is 4.19. The predicted molar refractivity (Wildman–Crippen MR) is 50.2 cm³/mol. The summed E-state index contributed by atoms with van der Waals surface area (Å²) >= 11 is 0. The maximum atomic E-state index is 10.5. The van der Waals surface area contributed by atoms with Gasteiger partial charge in [0.1, 0.15) is 5.75 Å². The second kappa shape index (κ2) is 4.57. The topological polar surface area (TPSA) is 72.6 Å². The molecule has 0 spiro atoms. The van der Waals surface area contributed by atoms with Gasteiger partial charge in [0.2, 0.25) is 0 Å². The highest BCUT2D eigenvalue weighted by atomic mass is 16.6. The van der Waals surface area contributed by atoms with Crippen LogP contribution in [0.4, 0.5) is 5.69 Å². The minimum atomic E-state index is -0.512. The Morgan fingerprint density at radius 2 is 2.21 bits per heavy atom. The van der Waals surface area contributed by atoms with Gasteiger partial charge in [-0.05, 0) is 18.6 Å². The Morgan fingerprint density at radius 1 is 1.50 bits per heavy atom. The van der Waals surface area contributed by atoms with Crippen molar-refractivity contribution < 1.29 is 14.8 Å². The number of nitro benzene ring substituents is 1. The van der Waals surface area contributed by atoms with Crippen molar-refractivity contribution in [2.24, 2.45) is 0 Å². The van der Waals surface area contributed by atoms with Gasteiger partial charge in [-0.2, -0.15) is 0 Å². The van der Waals surface area contributed by atoms with Crippen LogP contribution in [0.3, 0.4) is 0 Å². The molecule has 0 aliphatic rings. The molecule has 0 fully saturated rings. The van der Waals surface area contributed by atoms with Crippen LogP contribution in [-0.4, -0.2) is 16.6 Å². The van der Waals surface area contributed by atoms with Crippen LogP contribution in [0.15, 0.2) is 18.2 Å². The van der Waals surface area contributed by atoms with Gasteiger partial charge >= 0.3 is 0 Å². The molecule has 0 saturated carbocycles. The first-order valence-electron chi connectivity index (χ1n) is 4.19. The zero-order chi connectivity index (χ0) is 10.6. The molecule has 0 atom stereocenters. The standard InChI is InChI=1S/C9H11NO4/c1-2-14-9-4-7(6-11)3-8(5-9)10(12)13/h3-5,11H,2,6H2,1H3. The number of nitro groups is 1. The summed E-state index contributed by atoms with van der Waals surface area (Å²) in [5.74, 6) is 0.408. The first kappa shape index (κ1) is 10.5. The lowest BCUT2D eigenvalue weighted by Crippen LogP contribution is -1.96. The molecule has 0 aliphatic carbocycles. The molecule has 0 aliphatic heterocycles. The first-order chi connectivity index (χ1) is 6.67. The van der Waals surface area contributed by atoms with Crippen LogP contribution in [0.2, 0.25) is 0 Å². The fourth-order valence-corrected chi connectivity index (χ4v) is 1.09. The normalized spacial score (nSPS) is 9.86. The van der Waals surface area contributed by atoms with Gasteiger partial charge in [0.25, 0.3) is 5.69 Å². The van der Waals surface area contributed by atoms with Gasteiger partial charge in [0.15, 0.2) is 0 Å². The zero-order valence-electron chi connectivity index (χ0n) is 7.77. The Balaban J connectivity index is 3.06. The quantitative estimate of drug-likeness (QED) is 0.586. The fraction of sp³-hybridized carbons (Fsp3) is 0.333. The second-order valence-electron chi connectivity index (χ2n) is 2.68. The van der Waals surface area contributed by atoms with Gasteiger partial charge < -0.3 is 9.84 Å². The summed E-state index contributed by atoms with van der Waals surface area (Å²) in [5, 5.41) is 19.4. The van der Waals surface area contributed by atoms with E-state index in [4.69, 9.17) is 9.84 Å². The minimum absolute atomic E-state index is 0.0694. The third-order valence-corrected chi connectivity index (χ3v) is 1.66. The lowest BCUT2D eigenvalue weighted by atomic mass is 10.2. The molecule has 0 saturated heterocycles. The van der Waals surface area contributed by atoms with Crippen LogP contribution in [-0.2, 0) is 6.61 Å². The van der Waals surface area contributed by atoms with Crippen molar-refractivity contribution >= 4 is 5.69 Å². The highest BCUT2D eigenvalue weighted by Crippen LogP contribution is 2.22. The number of nitrogens with zero attached hydrogens (tertiary/aromatic N) is 1. The summed E-state index contributed by atoms with van der Waals surface area (Å²) in [7, 11) is 0. The van der Waals surface area contributed by atoms with E-state index in [0.717, 1.165) is 0 Å². The summed E-state index contributed by atoms with van der Waals surface area (Å²) in [6, 6.07) is 4.24. The molecule has 0 amide bonds. The van der Waals surface area contributed by atoms with Gasteiger partial charge in [-0.3, -0.25) is 10.1 Å². The summed E-state index contributed by atoms with van der Waals surface area (Å²) in [5.41, 5.74) is 0.405.